The number of furan rings is 1. The maximum atomic E-state index is 13.4. The summed E-state index contributed by atoms with van der Waals surface area (Å²) in [5.74, 6) is 1.49. The highest BCUT2D eigenvalue weighted by atomic mass is 16.5. The van der Waals surface area contributed by atoms with Crippen LogP contribution in [-0.4, -0.2) is 31.5 Å². The van der Waals surface area contributed by atoms with Gasteiger partial charge in [0.2, 0.25) is 0 Å². The number of benzene rings is 2. The number of hydrogen-bond acceptors (Lipinski definition) is 6. The number of hydrogen-bond donors (Lipinski definition) is 1. The number of Topliss-reactive ketones (excluding diaryl/α,β-unsaturated/α-hetero) is 1. The molecule has 7 nitrogen and oxygen atoms in total. The van der Waals surface area contributed by atoms with Crippen molar-refractivity contribution in [3.05, 3.63) is 47.2 Å². The third-order valence-electron chi connectivity index (χ3n) is 7.01. The van der Waals surface area contributed by atoms with Crippen molar-refractivity contribution in [2.24, 2.45) is 0 Å². The van der Waals surface area contributed by atoms with Crippen LogP contribution in [0.3, 0.4) is 0 Å². The van der Waals surface area contributed by atoms with E-state index in [0.29, 0.717) is 51.5 Å². The van der Waals surface area contributed by atoms with E-state index in [1.54, 1.807) is 44.4 Å². The van der Waals surface area contributed by atoms with Crippen LogP contribution < -0.4 is 19.5 Å². The van der Waals surface area contributed by atoms with Crippen molar-refractivity contribution >= 4 is 28.3 Å². The minimum atomic E-state index is -0.404. The summed E-state index contributed by atoms with van der Waals surface area (Å²) in [7, 11) is 3.09. The number of rotatable bonds is 4. The molecule has 1 aromatic heterocycles. The minimum Gasteiger partial charge on any atom is -0.493 e. The van der Waals surface area contributed by atoms with Gasteiger partial charge in [-0.2, -0.15) is 0 Å². The summed E-state index contributed by atoms with van der Waals surface area (Å²) < 4.78 is 23.0. The predicted octanol–water partition coefficient (Wildman–Crippen LogP) is 6.07. The molecule has 1 fully saturated rings. The summed E-state index contributed by atoms with van der Waals surface area (Å²) in [5.41, 5.74) is 1.79. The van der Waals surface area contributed by atoms with Crippen molar-refractivity contribution in [1.82, 2.24) is 0 Å². The monoisotopic (exact) mass is 463 g/mol. The normalized spacial score (nSPS) is 17.1. The van der Waals surface area contributed by atoms with Crippen molar-refractivity contribution in [3.8, 4) is 17.2 Å². The summed E-state index contributed by atoms with van der Waals surface area (Å²) in [6.07, 6.45) is 6.71. The van der Waals surface area contributed by atoms with Crippen LogP contribution in [0.25, 0.3) is 11.0 Å². The molecule has 2 aliphatic rings. The van der Waals surface area contributed by atoms with Gasteiger partial charge in [0, 0.05) is 22.7 Å². The predicted molar refractivity (Wildman–Crippen MR) is 128 cm³/mol. The van der Waals surface area contributed by atoms with E-state index < -0.39 is 11.5 Å². The molecule has 1 aliphatic heterocycles. The Balaban J connectivity index is 1.48. The third-order valence-corrected chi connectivity index (χ3v) is 7.01. The molecule has 0 unspecified atom stereocenters. The summed E-state index contributed by atoms with van der Waals surface area (Å²) in [5, 5.41) is 3.50. The zero-order valence-corrected chi connectivity index (χ0v) is 19.8. The van der Waals surface area contributed by atoms with Crippen molar-refractivity contribution in [1.29, 1.82) is 0 Å². The molecule has 3 aromatic rings. The third kappa shape index (κ3) is 3.79. The summed E-state index contributed by atoms with van der Waals surface area (Å²) in [6.45, 7) is 1.80. The molecule has 34 heavy (non-hydrogen) atoms. The van der Waals surface area contributed by atoms with Crippen LogP contribution in [-0.2, 0) is 0 Å². The first-order valence-corrected chi connectivity index (χ1v) is 11.8. The SMILES string of the molecule is COc1ccc(NC(=O)c2oc3ccc4c(c3c2C)C(=O)CC2(CCCCCC2)O4)cc1OC. The van der Waals surface area contributed by atoms with Crippen LogP contribution in [0.5, 0.6) is 17.2 Å². The van der Waals surface area contributed by atoms with E-state index in [1.807, 2.05) is 0 Å². The first-order chi connectivity index (χ1) is 16.4. The fourth-order valence-electron chi connectivity index (χ4n) is 5.30. The van der Waals surface area contributed by atoms with Gasteiger partial charge in [-0.15, -0.1) is 0 Å². The fraction of sp³-hybridized carbons (Fsp3) is 0.407. The van der Waals surface area contributed by atoms with Gasteiger partial charge in [0.25, 0.3) is 5.91 Å². The van der Waals surface area contributed by atoms with Crippen molar-refractivity contribution in [2.45, 2.75) is 57.5 Å². The molecular formula is C27H29NO6. The Labute approximate surface area is 198 Å². The lowest BCUT2D eigenvalue weighted by Gasteiger charge is -2.37. The van der Waals surface area contributed by atoms with Crippen LogP contribution in [0.4, 0.5) is 5.69 Å². The molecule has 1 saturated carbocycles. The average molecular weight is 464 g/mol. The maximum absolute atomic E-state index is 13.4. The number of fused-ring (bicyclic) bond motifs is 3. The molecule has 7 heteroatoms. The fourth-order valence-corrected chi connectivity index (χ4v) is 5.30. The number of amides is 1. The van der Waals surface area contributed by atoms with Gasteiger partial charge in [-0.1, -0.05) is 12.8 Å². The smallest absolute Gasteiger partial charge is 0.291 e. The lowest BCUT2D eigenvalue weighted by Crippen LogP contribution is -2.41. The Bertz CT molecular complexity index is 1270. The summed E-state index contributed by atoms with van der Waals surface area (Å²) in [4.78, 5) is 26.5. The molecule has 0 atom stereocenters. The van der Waals surface area contributed by atoms with Gasteiger partial charge < -0.3 is 23.9 Å². The standard InChI is InChI=1S/C27H29NO6/c1-16-23-20(33-25(16)26(30)28-17-8-9-19(31-2)22(14-17)32-3)10-11-21-24(23)18(29)15-27(34-21)12-6-4-5-7-13-27/h8-11,14H,4-7,12-13,15H2,1-3H3,(H,28,30). The van der Waals surface area contributed by atoms with Crippen LogP contribution in [0, 0.1) is 6.92 Å². The summed E-state index contributed by atoms with van der Waals surface area (Å²) in [6, 6.07) is 8.72. The average Bonchev–Trinajstić information content (AvgIpc) is 3.01. The first-order valence-electron chi connectivity index (χ1n) is 11.8. The van der Waals surface area contributed by atoms with Crippen LogP contribution in [0.15, 0.2) is 34.7 Å². The van der Waals surface area contributed by atoms with Gasteiger partial charge in [-0.05, 0) is 56.9 Å². The molecule has 2 heterocycles. The molecule has 1 N–H and O–H groups in total. The van der Waals surface area contributed by atoms with Crippen LogP contribution in [0.1, 0.15) is 71.4 Å². The van der Waals surface area contributed by atoms with E-state index in [2.05, 4.69) is 5.32 Å². The molecule has 0 saturated heterocycles. The number of anilines is 1. The number of carbonyl (C=O) groups is 2. The number of ether oxygens (including phenoxy) is 3. The highest BCUT2D eigenvalue weighted by Crippen LogP contribution is 2.45. The Morgan fingerprint density at radius 3 is 2.44 bits per heavy atom. The van der Waals surface area contributed by atoms with Gasteiger partial charge in [0.15, 0.2) is 23.0 Å². The largest absolute Gasteiger partial charge is 0.493 e. The van der Waals surface area contributed by atoms with Crippen LogP contribution in [0.2, 0.25) is 0 Å². The molecule has 178 valence electrons. The van der Waals surface area contributed by atoms with Gasteiger partial charge in [-0.25, -0.2) is 0 Å². The Morgan fingerprint density at radius 2 is 1.74 bits per heavy atom. The van der Waals surface area contributed by atoms with Crippen molar-refractivity contribution in [2.75, 3.05) is 19.5 Å². The van der Waals surface area contributed by atoms with Gasteiger partial charge in [0.05, 0.1) is 26.2 Å². The van der Waals surface area contributed by atoms with Gasteiger partial charge in [0.1, 0.15) is 16.9 Å². The second-order valence-electron chi connectivity index (χ2n) is 9.19. The lowest BCUT2D eigenvalue weighted by atomic mass is 9.83. The quantitative estimate of drug-likeness (QED) is 0.505. The number of methoxy groups -OCH3 is 2. The highest BCUT2D eigenvalue weighted by Gasteiger charge is 2.42. The number of ketones is 1. The minimum absolute atomic E-state index is 0.0597. The second-order valence-corrected chi connectivity index (χ2v) is 9.19. The van der Waals surface area contributed by atoms with E-state index in [4.69, 9.17) is 18.6 Å². The van der Waals surface area contributed by atoms with Crippen LogP contribution >= 0.6 is 0 Å². The van der Waals surface area contributed by atoms with E-state index in [-0.39, 0.29) is 11.5 Å². The van der Waals surface area contributed by atoms with E-state index >= 15 is 0 Å². The molecular weight excluding hydrogens is 434 g/mol. The van der Waals surface area contributed by atoms with E-state index in [9.17, 15) is 9.59 Å². The topological polar surface area (TPSA) is 87.0 Å². The molecule has 1 spiro atoms. The molecule has 0 bridgehead atoms. The molecule has 2 aromatic carbocycles. The number of nitrogens with one attached hydrogen (secondary N) is 1. The molecule has 1 aliphatic carbocycles. The highest BCUT2D eigenvalue weighted by molar-refractivity contribution is 6.14. The van der Waals surface area contributed by atoms with Crippen molar-refractivity contribution in [3.63, 3.8) is 0 Å². The Hall–Kier alpha value is -3.48. The van der Waals surface area contributed by atoms with Crippen molar-refractivity contribution < 1.29 is 28.2 Å². The Morgan fingerprint density at radius 1 is 1.00 bits per heavy atom. The zero-order chi connectivity index (χ0) is 23.9. The molecule has 5 rings (SSSR count). The van der Waals surface area contributed by atoms with Gasteiger partial charge in [-0.3, -0.25) is 9.59 Å². The van der Waals surface area contributed by atoms with E-state index in [1.165, 1.54) is 20.0 Å². The zero-order valence-electron chi connectivity index (χ0n) is 19.8. The summed E-state index contributed by atoms with van der Waals surface area (Å²) >= 11 is 0. The second kappa shape index (κ2) is 8.70. The number of aryl methyl sites for hydroxylation is 1. The molecule has 1 amide bonds. The van der Waals surface area contributed by atoms with Gasteiger partial charge >= 0.3 is 0 Å². The Kier molecular flexibility index (Phi) is 5.71. The maximum Gasteiger partial charge on any atom is 0.291 e. The molecule has 0 radical (unpaired) electrons. The van der Waals surface area contributed by atoms with E-state index in [0.717, 1.165) is 25.7 Å². The number of carbonyl (C=O) groups excluding carboxylic acids is 2. The lowest BCUT2D eigenvalue weighted by molar-refractivity contribution is 0.0301. The first kappa shape index (κ1) is 22.3.